The first-order chi connectivity index (χ1) is 11.0. The van der Waals surface area contributed by atoms with Gasteiger partial charge in [-0.05, 0) is 41.8 Å². The first kappa shape index (κ1) is 17.1. The van der Waals surface area contributed by atoms with Crippen LogP contribution in [0, 0.1) is 0 Å². The summed E-state index contributed by atoms with van der Waals surface area (Å²) in [5.41, 5.74) is 1.95. The van der Waals surface area contributed by atoms with E-state index in [0.717, 1.165) is 17.5 Å². The van der Waals surface area contributed by atoms with Crippen LogP contribution in [0.2, 0.25) is 0 Å². The number of carbonyl (C=O) groups is 1. The molecule has 0 spiro atoms. The zero-order valence-electron chi connectivity index (χ0n) is 12.8. The molecule has 0 bridgehead atoms. The van der Waals surface area contributed by atoms with Crippen LogP contribution in [0.1, 0.15) is 18.1 Å². The molecule has 0 fully saturated rings. The van der Waals surface area contributed by atoms with E-state index in [1.165, 1.54) is 12.1 Å². The number of nitrogens with one attached hydrogen (secondary N) is 2. The van der Waals surface area contributed by atoms with Gasteiger partial charge in [0.05, 0.1) is 11.4 Å². The second-order valence-electron chi connectivity index (χ2n) is 4.95. The Bertz CT molecular complexity index is 744. The highest BCUT2D eigenvalue weighted by Gasteiger charge is 2.15. The third kappa shape index (κ3) is 5.15. The number of hydrogen-bond acceptors (Lipinski definition) is 4. The Labute approximate surface area is 136 Å². The largest absolute Gasteiger partial charge is 0.351 e. The summed E-state index contributed by atoms with van der Waals surface area (Å²) in [7, 11) is -3.68. The SMILES string of the molecule is CCc1ccc(S(=O)(=O)NCC(=O)NCc2ccncc2)cc1. The molecule has 0 saturated heterocycles. The van der Waals surface area contributed by atoms with Gasteiger partial charge in [0.1, 0.15) is 0 Å². The van der Waals surface area contributed by atoms with Crippen LogP contribution in [-0.4, -0.2) is 25.9 Å². The predicted molar refractivity (Wildman–Crippen MR) is 87.1 cm³/mol. The number of hydrogen-bond donors (Lipinski definition) is 2. The summed E-state index contributed by atoms with van der Waals surface area (Å²) in [6.07, 6.45) is 4.10. The van der Waals surface area contributed by atoms with E-state index in [-0.39, 0.29) is 11.4 Å². The van der Waals surface area contributed by atoms with Crippen molar-refractivity contribution in [1.29, 1.82) is 0 Å². The molecule has 0 aliphatic rings. The van der Waals surface area contributed by atoms with Gasteiger partial charge in [0.15, 0.2) is 0 Å². The summed E-state index contributed by atoms with van der Waals surface area (Å²) < 4.78 is 26.5. The van der Waals surface area contributed by atoms with Crippen LogP contribution in [0.25, 0.3) is 0 Å². The number of aromatic nitrogens is 1. The highest BCUT2D eigenvalue weighted by Crippen LogP contribution is 2.10. The fraction of sp³-hybridized carbons (Fsp3) is 0.250. The lowest BCUT2D eigenvalue weighted by atomic mass is 10.2. The molecule has 0 aliphatic carbocycles. The number of amides is 1. The zero-order chi connectivity index (χ0) is 16.7. The molecule has 7 heteroatoms. The summed E-state index contributed by atoms with van der Waals surface area (Å²) in [6, 6.07) is 10.2. The molecule has 0 radical (unpaired) electrons. The fourth-order valence-corrected chi connectivity index (χ4v) is 2.89. The molecule has 23 heavy (non-hydrogen) atoms. The Kier molecular flexibility index (Phi) is 5.84. The smallest absolute Gasteiger partial charge is 0.241 e. The van der Waals surface area contributed by atoms with Crippen molar-refractivity contribution in [2.45, 2.75) is 24.8 Å². The Balaban J connectivity index is 1.87. The number of nitrogens with zero attached hydrogens (tertiary/aromatic N) is 1. The summed E-state index contributed by atoms with van der Waals surface area (Å²) in [5, 5.41) is 2.65. The maximum Gasteiger partial charge on any atom is 0.241 e. The van der Waals surface area contributed by atoms with Gasteiger partial charge in [0.2, 0.25) is 15.9 Å². The molecular weight excluding hydrogens is 314 g/mol. The van der Waals surface area contributed by atoms with Crippen molar-refractivity contribution < 1.29 is 13.2 Å². The van der Waals surface area contributed by atoms with Crippen molar-refractivity contribution in [3.63, 3.8) is 0 Å². The van der Waals surface area contributed by atoms with E-state index in [4.69, 9.17) is 0 Å². The Morgan fingerprint density at radius 2 is 1.70 bits per heavy atom. The summed E-state index contributed by atoms with van der Waals surface area (Å²) >= 11 is 0. The minimum absolute atomic E-state index is 0.150. The number of sulfonamides is 1. The van der Waals surface area contributed by atoms with Gasteiger partial charge in [-0.25, -0.2) is 13.1 Å². The maximum atomic E-state index is 12.1. The molecule has 2 aromatic rings. The van der Waals surface area contributed by atoms with Gasteiger partial charge in [0.25, 0.3) is 0 Å². The van der Waals surface area contributed by atoms with Crippen molar-refractivity contribution >= 4 is 15.9 Å². The molecule has 6 nitrogen and oxygen atoms in total. The molecule has 1 aromatic heterocycles. The third-order valence-electron chi connectivity index (χ3n) is 3.30. The van der Waals surface area contributed by atoms with Crippen molar-refractivity contribution in [1.82, 2.24) is 15.0 Å². The lowest BCUT2D eigenvalue weighted by molar-refractivity contribution is -0.120. The molecule has 2 N–H and O–H groups in total. The standard InChI is InChI=1S/C16H19N3O3S/c1-2-13-3-5-15(6-4-13)23(21,22)19-12-16(20)18-11-14-7-9-17-10-8-14/h3-10,19H,2,11-12H2,1H3,(H,18,20). The van der Waals surface area contributed by atoms with Crippen LogP contribution in [0.15, 0.2) is 53.7 Å². The number of pyridine rings is 1. The van der Waals surface area contributed by atoms with Gasteiger partial charge in [-0.2, -0.15) is 0 Å². The van der Waals surface area contributed by atoms with E-state index in [2.05, 4.69) is 15.0 Å². The molecule has 0 unspecified atom stereocenters. The minimum atomic E-state index is -3.68. The van der Waals surface area contributed by atoms with Crippen LogP contribution in [0.4, 0.5) is 0 Å². The van der Waals surface area contributed by atoms with Crippen LogP contribution in [0.5, 0.6) is 0 Å². The van der Waals surface area contributed by atoms with Gasteiger partial charge in [-0.3, -0.25) is 9.78 Å². The topological polar surface area (TPSA) is 88.2 Å². The zero-order valence-corrected chi connectivity index (χ0v) is 13.6. The van der Waals surface area contributed by atoms with E-state index < -0.39 is 15.9 Å². The lowest BCUT2D eigenvalue weighted by Crippen LogP contribution is -2.36. The Hall–Kier alpha value is -2.25. The molecule has 0 atom stereocenters. The van der Waals surface area contributed by atoms with Crippen LogP contribution in [0.3, 0.4) is 0 Å². The summed E-state index contributed by atoms with van der Waals surface area (Å²) in [4.78, 5) is 15.8. The van der Waals surface area contributed by atoms with E-state index in [1.54, 1.807) is 36.7 Å². The molecule has 2 rings (SSSR count). The van der Waals surface area contributed by atoms with Gasteiger partial charge in [-0.1, -0.05) is 19.1 Å². The Morgan fingerprint density at radius 1 is 1.04 bits per heavy atom. The average Bonchev–Trinajstić information content (AvgIpc) is 2.59. The summed E-state index contributed by atoms with van der Waals surface area (Å²) in [6.45, 7) is 2.02. The first-order valence-electron chi connectivity index (χ1n) is 7.25. The minimum Gasteiger partial charge on any atom is -0.351 e. The van der Waals surface area contributed by atoms with E-state index >= 15 is 0 Å². The molecular formula is C16H19N3O3S. The van der Waals surface area contributed by atoms with E-state index in [9.17, 15) is 13.2 Å². The quantitative estimate of drug-likeness (QED) is 0.798. The van der Waals surface area contributed by atoms with E-state index in [1.807, 2.05) is 6.92 Å². The predicted octanol–water partition coefficient (Wildman–Crippen LogP) is 1.24. The van der Waals surface area contributed by atoms with Gasteiger partial charge in [0, 0.05) is 18.9 Å². The molecule has 1 amide bonds. The van der Waals surface area contributed by atoms with Crippen LogP contribution in [-0.2, 0) is 27.8 Å². The third-order valence-corrected chi connectivity index (χ3v) is 4.72. The van der Waals surface area contributed by atoms with Crippen LogP contribution >= 0.6 is 0 Å². The second-order valence-corrected chi connectivity index (χ2v) is 6.72. The number of carbonyl (C=O) groups excluding carboxylic acids is 1. The molecule has 0 aliphatic heterocycles. The molecule has 1 aromatic carbocycles. The van der Waals surface area contributed by atoms with Gasteiger partial charge >= 0.3 is 0 Å². The average molecular weight is 333 g/mol. The van der Waals surface area contributed by atoms with Crippen LogP contribution < -0.4 is 10.0 Å². The molecule has 0 saturated carbocycles. The summed E-state index contributed by atoms with van der Waals surface area (Å²) in [5.74, 6) is -0.393. The molecule has 1 heterocycles. The monoisotopic (exact) mass is 333 g/mol. The van der Waals surface area contributed by atoms with Gasteiger partial charge < -0.3 is 5.32 Å². The Morgan fingerprint density at radius 3 is 2.30 bits per heavy atom. The van der Waals surface area contributed by atoms with Crippen molar-refractivity contribution in [2.24, 2.45) is 0 Å². The second kappa shape index (κ2) is 7.85. The molecule has 122 valence electrons. The van der Waals surface area contributed by atoms with E-state index in [0.29, 0.717) is 6.54 Å². The maximum absolute atomic E-state index is 12.1. The van der Waals surface area contributed by atoms with Crippen molar-refractivity contribution in [2.75, 3.05) is 6.54 Å². The highest BCUT2D eigenvalue weighted by atomic mass is 32.2. The fourth-order valence-electron chi connectivity index (χ4n) is 1.91. The van der Waals surface area contributed by atoms with Crippen molar-refractivity contribution in [3.05, 3.63) is 59.9 Å². The van der Waals surface area contributed by atoms with Crippen molar-refractivity contribution in [3.8, 4) is 0 Å². The number of benzene rings is 1. The number of aryl methyl sites for hydroxylation is 1. The lowest BCUT2D eigenvalue weighted by Gasteiger charge is -2.08. The first-order valence-corrected chi connectivity index (χ1v) is 8.74. The van der Waals surface area contributed by atoms with Gasteiger partial charge in [-0.15, -0.1) is 0 Å². The number of rotatable bonds is 7. The normalized spacial score (nSPS) is 11.2. The highest BCUT2D eigenvalue weighted by molar-refractivity contribution is 7.89.